The quantitative estimate of drug-likeness (QED) is 0.243. The maximum Gasteiger partial charge on any atom is 0.165 e. The second-order valence-electron chi connectivity index (χ2n) is 14.1. The van der Waals surface area contributed by atoms with E-state index in [1.54, 1.807) is 7.11 Å². The number of ether oxygens (including phenoxy) is 3. The van der Waals surface area contributed by atoms with Crippen LogP contribution in [0.25, 0.3) is 0 Å². The maximum atomic E-state index is 12.6. The van der Waals surface area contributed by atoms with E-state index in [0.29, 0.717) is 6.04 Å². The number of rotatable bonds is 7. The summed E-state index contributed by atoms with van der Waals surface area (Å²) in [4.78, 5) is 2.92. The first-order valence-electron chi connectivity index (χ1n) is 14.9. The van der Waals surface area contributed by atoms with Gasteiger partial charge in [0.2, 0.25) is 0 Å². The topological polar surface area (TPSA) is 50.9 Å². The van der Waals surface area contributed by atoms with Crippen LogP contribution in [0.2, 0.25) is 0 Å². The van der Waals surface area contributed by atoms with E-state index in [9.17, 15) is 5.11 Å². The van der Waals surface area contributed by atoms with Crippen LogP contribution >= 0.6 is 22.6 Å². The lowest BCUT2D eigenvalue weighted by Crippen LogP contribution is -2.77. The molecule has 10 rings (SSSR count). The van der Waals surface area contributed by atoms with Crippen molar-refractivity contribution in [1.29, 1.82) is 0 Å². The van der Waals surface area contributed by atoms with Gasteiger partial charge in [0.25, 0.3) is 0 Å². The predicted molar refractivity (Wildman–Crippen MR) is 157 cm³/mol. The Morgan fingerprint density at radius 1 is 1.15 bits per heavy atom. The van der Waals surface area contributed by atoms with Gasteiger partial charge in [-0.05, 0) is 75.0 Å². The van der Waals surface area contributed by atoms with Crippen LogP contribution in [-0.2, 0) is 16.6 Å². The lowest BCUT2D eigenvalue weighted by atomic mass is 9.39. The average Bonchev–Trinajstić information content (AvgIpc) is 3.82. The molecule has 7 unspecified atom stereocenters. The number of piperidine rings is 1. The summed E-state index contributed by atoms with van der Waals surface area (Å²) >= 11 is 2.48. The Bertz CT molecular complexity index is 1390. The molecule has 2 aromatic rings. The van der Waals surface area contributed by atoms with Crippen molar-refractivity contribution in [2.24, 2.45) is 17.3 Å². The number of methoxy groups -OCH3 is 2. The van der Waals surface area contributed by atoms with E-state index >= 15 is 0 Å². The molecular formula is C33H38INO4. The molecule has 3 spiro atoms. The summed E-state index contributed by atoms with van der Waals surface area (Å²) < 4.78 is 19.8. The Kier molecular flexibility index (Phi) is 4.57. The van der Waals surface area contributed by atoms with E-state index in [2.05, 4.69) is 76.9 Å². The van der Waals surface area contributed by atoms with Crippen molar-refractivity contribution in [3.63, 3.8) is 0 Å². The van der Waals surface area contributed by atoms with E-state index in [-0.39, 0.29) is 32.3 Å². The van der Waals surface area contributed by atoms with Gasteiger partial charge >= 0.3 is 0 Å². The summed E-state index contributed by atoms with van der Waals surface area (Å²) in [6.07, 6.45) is 8.03. The van der Waals surface area contributed by atoms with Gasteiger partial charge in [-0.3, -0.25) is 4.90 Å². The molecule has 2 heterocycles. The third-order valence-corrected chi connectivity index (χ3v) is 14.8. The van der Waals surface area contributed by atoms with Gasteiger partial charge in [0.1, 0.15) is 11.7 Å². The Morgan fingerprint density at radius 2 is 1.95 bits per heavy atom. The first-order valence-corrected chi connectivity index (χ1v) is 16.1. The summed E-state index contributed by atoms with van der Waals surface area (Å²) in [6.45, 7) is 3.33. The summed E-state index contributed by atoms with van der Waals surface area (Å²) in [5.74, 6) is 2.66. The molecule has 4 bridgehead atoms. The number of halogens is 1. The zero-order valence-corrected chi connectivity index (χ0v) is 25.2. The first-order chi connectivity index (χ1) is 18.8. The van der Waals surface area contributed by atoms with Crippen LogP contribution in [-0.4, -0.2) is 59.7 Å². The fourth-order valence-electron chi connectivity index (χ4n) is 11.3. The summed E-state index contributed by atoms with van der Waals surface area (Å²) in [5, 5.41) is 12.6. The number of nitrogens with zero attached hydrogens (tertiary/aromatic N) is 1. The highest BCUT2D eigenvalue weighted by Gasteiger charge is 2.92. The molecule has 2 aromatic carbocycles. The van der Waals surface area contributed by atoms with Crippen molar-refractivity contribution in [2.45, 2.75) is 90.1 Å². The Hall–Kier alpha value is -1.35. The van der Waals surface area contributed by atoms with E-state index in [1.165, 1.54) is 42.5 Å². The van der Waals surface area contributed by atoms with E-state index in [1.807, 2.05) is 7.11 Å². The summed E-state index contributed by atoms with van der Waals surface area (Å²) in [6, 6.07) is 15.6. The zero-order chi connectivity index (χ0) is 26.6. The van der Waals surface area contributed by atoms with Gasteiger partial charge in [-0.15, -0.1) is 0 Å². The number of hydrogen-bond donors (Lipinski definition) is 1. The largest absolute Gasteiger partial charge is 0.493 e. The lowest BCUT2D eigenvalue weighted by Gasteiger charge is -2.69. The van der Waals surface area contributed by atoms with Crippen LogP contribution in [0.4, 0.5) is 0 Å². The number of aliphatic hydroxyl groups is 1. The number of fused-ring (bicyclic) bond motifs is 2. The molecule has 5 nitrogen and oxygen atoms in total. The molecule has 6 heteroatoms. The number of likely N-dealkylation sites (tertiary alicyclic amines) is 1. The Labute approximate surface area is 244 Å². The van der Waals surface area contributed by atoms with E-state index < -0.39 is 11.2 Å². The van der Waals surface area contributed by atoms with Crippen LogP contribution in [0.5, 0.6) is 11.5 Å². The Morgan fingerprint density at radius 3 is 2.67 bits per heavy atom. The molecule has 39 heavy (non-hydrogen) atoms. The number of hydrogen-bond acceptors (Lipinski definition) is 5. The minimum atomic E-state index is -0.960. The SMILES string of the molecule is COc1ccc2c3c1OC1C4(OC)CCC5(CC4C(C)(O)C(I)c4ccccc4)C4[N@](CC6CC6)[C@]4(C2)C[C@]315. The van der Waals surface area contributed by atoms with Crippen LogP contribution in [0.3, 0.4) is 0 Å². The smallest absolute Gasteiger partial charge is 0.165 e. The van der Waals surface area contributed by atoms with Gasteiger partial charge in [-0.2, -0.15) is 0 Å². The third kappa shape index (κ3) is 2.54. The number of benzene rings is 2. The average molecular weight is 640 g/mol. The van der Waals surface area contributed by atoms with Gasteiger partial charge in [0.15, 0.2) is 11.5 Å². The van der Waals surface area contributed by atoms with Crippen molar-refractivity contribution < 1.29 is 19.3 Å². The van der Waals surface area contributed by atoms with Crippen molar-refractivity contribution >= 4 is 22.6 Å². The maximum absolute atomic E-state index is 12.6. The first kappa shape index (κ1) is 24.3. The van der Waals surface area contributed by atoms with Gasteiger partial charge in [0.05, 0.1) is 16.6 Å². The van der Waals surface area contributed by atoms with Gasteiger partial charge in [-0.1, -0.05) is 59.0 Å². The minimum Gasteiger partial charge on any atom is -0.493 e. The summed E-state index contributed by atoms with van der Waals surface area (Å²) in [5.41, 5.74) is 2.81. The molecule has 1 saturated heterocycles. The van der Waals surface area contributed by atoms with Gasteiger partial charge in [0, 0.05) is 47.5 Å². The third-order valence-electron chi connectivity index (χ3n) is 12.8. The van der Waals surface area contributed by atoms with Gasteiger partial charge in [-0.25, -0.2) is 0 Å². The molecular weight excluding hydrogens is 601 g/mol. The molecule has 6 aliphatic carbocycles. The molecule has 10 atom stereocenters. The van der Waals surface area contributed by atoms with Crippen LogP contribution in [0, 0.1) is 17.3 Å². The fourth-order valence-corrected chi connectivity index (χ4v) is 12.1. The minimum absolute atomic E-state index is 0.0370. The molecule has 6 fully saturated rings. The van der Waals surface area contributed by atoms with Crippen molar-refractivity contribution in [1.82, 2.24) is 4.90 Å². The second-order valence-corrected chi connectivity index (χ2v) is 15.4. The fraction of sp³-hybridized carbons (Fsp3) is 0.636. The van der Waals surface area contributed by atoms with Crippen molar-refractivity contribution in [3.8, 4) is 11.5 Å². The van der Waals surface area contributed by atoms with E-state index in [4.69, 9.17) is 14.2 Å². The van der Waals surface area contributed by atoms with Crippen LogP contribution < -0.4 is 9.47 Å². The van der Waals surface area contributed by atoms with Crippen LogP contribution in [0.15, 0.2) is 42.5 Å². The standard InChI is InChI=1S/C33H38INO4/c1-29(36,26(34)20-7-5-4-6-8-20)23-16-30-13-14-33(23,38-3)28-32(30)18-31(27(30)35(31)17-19-9-10-19)15-21-11-12-22(37-2)25(39-28)24(21)32/h4-8,11-12,19,23,26-28,36H,9-10,13-18H2,1-3H3/t23?,26?,27?,28?,29?,30?,31-,32+,33?,35+/m1/s1. The highest BCUT2D eigenvalue weighted by atomic mass is 127. The molecule has 1 N–H and O–H groups in total. The predicted octanol–water partition coefficient (Wildman–Crippen LogP) is 5.60. The highest BCUT2D eigenvalue weighted by Crippen LogP contribution is 2.86. The Balaban J connectivity index is 1.25. The normalized spacial score (nSPS) is 45.7. The molecule has 0 radical (unpaired) electrons. The molecule has 0 amide bonds. The second kappa shape index (κ2) is 7.34. The van der Waals surface area contributed by atoms with Crippen molar-refractivity contribution in [2.75, 3.05) is 20.8 Å². The molecule has 5 saturated carbocycles. The van der Waals surface area contributed by atoms with Crippen LogP contribution in [0.1, 0.15) is 66.1 Å². The van der Waals surface area contributed by atoms with E-state index in [0.717, 1.165) is 43.1 Å². The molecule has 8 aliphatic rings. The zero-order valence-electron chi connectivity index (χ0n) is 23.1. The molecule has 2 aliphatic heterocycles. The van der Waals surface area contributed by atoms with Crippen molar-refractivity contribution in [3.05, 3.63) is 59.2 Å². The number of alkyl halides is 1. The monoisotopic (exact) mass is 639 g/mol. The summed E-state index contributed by atoms with van der Waals surface area (Å²) in [7, 11) is 3.64. The molecule has 0 aromatic heterocycles. The van der Waals surface area contributed by atoms with Gasteiger partial charge < -0.3 is 19.3 Å². The molecule has 206 valence electrons. The highest BCUT2D eigenvalue weighted by molar-refractivity contribution is 14.1. The lowest BCUT2D eigenvalue weighted by molar-refractivity contribution is -0.277.